The highest BCUT2D eigenvalue weighted by Gasteiger charge is 2.53. The third kappa shape index (κ3) is 3.16. The van der Waals surface area contributed by atoms with Crippen LogP contribution in [0.3, 0.4) is 0 Å². The minimum atomic E-state index is -0.0527. The summed E-state index contributed by atoms with van der Waals surface area (Å²) in [5.74, 6) is -0.0527. The van der Waals surface area contributed by atoms with Crippen LogP contribution in [-0.4, -0.2) is 25.2 Å². The molecule has 2 unspecified atom stereocenters. The normalized spacial score (nSPS) is 22.8. The van der Waals surface area contributed by atoms with Crippen LogP contribution in [0.1, 0.15) is 43.5 Å². The molecule has 1 aromatic carbocycles. The van der Waals surface area contributed by atoms with Crippen molar-refractivity contribution >= 4 is 24.0 Å². The number of carbonyl (C=O) groups excluding carboxylic acids is 1. The second-order valence-electron chi connectivity index (χ2n) is 5.55. The van der Waals surface area contributed by atoms with E-state index in [9.17, 15) is 4.79 Å². The highest BCUT2D eigenvalue weighted by Crippen LogP contribution is 2.48. The highest BCUT2D eigenvalue weighted by atomic mass is 35.5. The van der Waals surface area contributed by atoms with E-state index in [4.69, 9.17) is 10.5 Å². The van der Waals surface area contributed by atoms with Gasteiger partial charge in [0.1, 0.15) is 0 Å². The smallest absolute Gasteiger partial charge is 0.251 e. The summed E-state index contributed by atoms with van der Waals surface area (Å²) < 4.78 is 5.55. The van der Waals surface area contributed by atoms with Crippen molar-refractivity contribution in [1.29, 1.82) is 0 Å². The van der Waals surface area contributed by atoms with Gasteiger partial charge in [0.25, 0.3) is 5.91 Å². The van der Waals surface area contributed by atoms with Gasteiger partial charge in [-0.25, -0.2) is 0 Å². The second-order valence-corrected chi connectivity index (χ2v) is 5.55. The lowest BCUT2D eigenvalue weighted by Crippen LogP contribution is -2.64. The minimum Gasteiger partial charge on any atom is -0.399 e. The van der Waals surface area contributed by atoms with Gasteiger partial charge < -0.3 is 15.8 Å². The van der Waals surface area contributed by atoms with Crippen LogP contribution in [0.25, 0.3) is 0 Å². The number of rotatable bonds is 5. The van der Waals surface area contributed by atoms with E-state index in [1.165, 1.54) is 0 Å². The third-order valence-corrected chi connectivity index (χ3v) is 4.84. The van der Waals surface area contributed by atoms with Gasteiger partial charge in [-0.1, -0.05) is 19.9 Å². The van der Waals surface area contributed by atoms with E-state index in [0.29, 0.717) is 11.3 Å². The van der Waals surface area contributed by atoms with Crippen molar-refractivity contribution < 1.29 is 9.53 Å². The number of hydrogen-bond acceptors (Lipinski definition) is 3. The first-order valence-corrected chi connectivity index (χ1v) is 7.26. The molecule has 1 fully saturated rings. The van der Waals surface area contributed by atoms with Gasteiger partial charge in [0.05, 0.1) is 6.10 Å². The van der Waals surface area contributed by atoms with Crippen LogP contribution in [0.5, 0.6) is 0 Å². The number of benzene rings is 1. The first-order valence-electron chi connectivity index (χ1n) is 7.26. The fourth-order valence-corrected chi connectivity index (χ4v) is 3.40. The largest absolute Gasteiger partial charge is 0.399 e. The quantitative estimate of drug-likeness (QED) is 0.821. The number of carbonyl (C=O) groups is 1. The fourth-order valence-electron chi connectivity index (χ4n) is 3.40. The number of ether oxygens (including phenoxy) is 1. The molecule has 1 aromatic rings. The van der Waals surface area contributed by atoms with Crippen molar-refractivity contribution in [2.45, 2.75) is 45.3 Å². The Balaban J connectivity index is 0.00000220. The zero-order valence-electron chi connectivity index (χ0n) is 12.9. The molecule has 21 heavy (non-hydrogen) atoms. The second kappa shape index (κ2) is 7.14. The molecule has 1 saturated carbocycles. The maximum absolute atomic E-state index is 12.3. The molecule has 1 aliphatic carbocycles. The van der Waals surface area contributed by atoms with E-state index in [1.54, 1.807) is 31.4 Å². The minimum absolute atomic E-state index is 0. The van der Waals surface area contributed by atoms with Crippen molar-refractivity contribution in [3.63, 3.8) is 0 Å². The van der Waals surface area contributed by atoms with E-state index in [1.807, 2.05) is 0 Å². The molecule has 0 radical (unpaired) electrons. The van der Waals surface area contributed by atoms with Gasteiger partial charge in [-0.3, -0.25) is 4.79 Å². The Morgan fingerprint density at radius 2 is 2.10 bits per heavy atom. The molecule has 0 bridgehead atoms. The number of nitrogen functional groups attached to an aromatic ring is 1. The number of halogens is 1. The van der Waals surface area contributed by atoms with E-state index in [0.717, 1.165) is 19.3 Å². The van der Waals surface area contributed by atoms with Gasteiger partial charge in [-0.2, -0.15) is 0 Å². The summed E-state index contributed by atoms with van der Waals surface area (Å²) in [4.78, 5) is 12.3. The predicted octanol–water partition coefficient (Wildman–Crippen LogP) is 3.01. The topological polar surface area (TPSA) is 64.4 Å². The van der Waals surface area contributed by atoms with Crippen molar-refractivity contribution in [2.24, 2.45) is 5.41 Å². The van der Waals surface area contributed by atoms with Gasteiger partial charge in [0, 0.05) is 29.8 Å². The SMILES string of the molecule is CCC1(CC)C(NC(=O)c2cccc(N)c2)CC1OC.Cl. The number of nitrogens with two attached hydrogens (primary N) is 1. The summed E-state index contributed by atoms with van der Waals surface area (Å²) in [6, 6.07) is 7.26. The zero-order chi connectivity index (χ0) is 14.8. The molecule has 1 aliphatic rings. The van der Waals surface area contributed by atoms with Crippen LogP contribution in [-0.2, 0) is 4.74 Å². The van der Waals surface area contributed by atoms with Crippen LogP contribution >= 0.6 is 12.4 Å². The molecule has 0 aromatic heterocycles. The molecule has 2 atom stereocenters. The van der Waals surface area contributed by atoms with Crippen molar-refractivity contribution in [1.82, 2.24) is 5.32 Å². The summed E-state index contributed by atoms with van der Waals surface area (Å²) in [5.41, 5.74) is 7.01. The molecular weight excluding hydrogens is 288 g/mol. The fraction of sp³-hybridized carbons (Fsp3) is 0.562. The number of amides is 1. The zero-order valence-corrected chi connectivity index (χ0v) is 13.7. The summed E-state index contributed by atoms with van der Waals surface area (Å²) >= 11 is 0. The van der Waals surface area contributed by atoms with Gasteiger partial charge in [0.2, 0.25) is 0 Å². The molecule has 0 aliphatic heterocycles. The Hall–Kier alpha value is -1.26. The van der Waals surface area contributed by atoms with Crippen LogP contribution in [0, 0.1) is 5.41 Å². The van der Waals surface area contributed by atoms with E-state index >= 15 is 0 Å². The van der Waals surface area contributed by atoms with Crippen molar-refractivity contribution in [3.8, 4) is 0 Å². The summed E-state index contributed by atoms with van der Waals surface area (Å²) in [6.45, 7) is 4.32. The lowest BCUT2D eigenvalue weighted by atomic mass is 9.58. The average Bonchev–Trinajstić information content (AvgIpc) is 2.44. The van der Waals surface area contributed by atoms with Crippen LogP contribution in [0.2, 0.25) is 0 Å². The van der Waals surface area contributed by atoms with Gasteiger partial charge in [-0.15, -0.1) is 12.4 Å². The summed E-state index contributed by atoms with van der Waals surface area (Å²) in [7, 11) is 1.75. The summed E-state index contributed by atoms with van der Waals surface area (Å²) in [6.07, 6.45) is 3.13. The van der Waals surface area contributed by atoms with E-state index in [2.05, 4.69) is 19.2 Å². The molecule has 1 amide bonds. The Bertz CT molecular complexity index is 489. The average molecular weight is 313 g/mol. The molecule has 4 nitrogen and oxygen atoms in total. The molecule has 2 rings (SSSR count). The Morgan fingerprint density at radius 3 is 2.62 bits per heavy atom. The van der Waals surface area contributed by atoms with Crippen molar-refractivity contribution in [3.05, 3.63) is 29.8 Å². The van der Waals surface area contributed by atoms with E-state index < -0.39 is 0 Å². The molecule has 5 heteroatoms. The summed E-state index contributed by atoms with van der Waals surface area (Å²) in [5, 5.41) is 3.14. The number of nitrogens with one attached hydrogen (secondary N) is 1. The van der Waals surface area contributed by atoms with Gasteiger partial charge in [-0.05, 0) is 37.5 Å². The molecule has 118 valence electrons. The first kappa shape index (κ1) is 17.8. The molecule has 3 N–H and O–H groups in total. The molecule has 0 heterocycles. The lowest BCUT2D eigenvalue weighted by molar-refractivity contribution is -0.120. The van der Waals surface area contributed by atoms with Crippen molar-refractivity contribution in [2.75, 3.05) is 12.8 Å². The third-order valence-electron chi connectivity index (χ3n) is 4.84. The van der Waals surface area contributed by atoms with Crippen LogP contribution < -0.4 is 11.1 Å². The molecule has 0 spiro atoms. The number of hydrogen-bond donors (Lipinski definition) is 2. The van der Waals surface area contributed by atoms with Crippen LogP contribution in [0.15, 0.2) is 24.3 Å². The maximum atomic E-state index is 12.3. The number of methoxy groups -OCH3 is 1. The van der Waals surface area contributed by atoms with E-state index in [-0.39, 0.29) is 35.9 Å². The Labute approximate surface area is 132 Å². The highest BCUT2D eigenvalue weighted by molar-refractivity contribution is 5.95. The van der Waals surface area contributed by atoms with Gasteiger partial charge >= 0.3 is 0 Å². The van der Waals surface area contributed by atoms with Crippen LogP contribution in [0.4, 0.5) is 5.69 Å². The maximum Gasteiger partial charge on any atom is 0.251 e. The predicted molar refractivity (Wildman–Crippen MR) is 87.8 cm³/mol. The molecular formula is C16H25ClN2O2. The molecule has 0 saturated heterocycles. The monoisotopic (exact) mass is 312 g/mol. The van der Waals surface area contributed by atoms with Gasteiger partial charge in [0.15, 0.2) is 0 Å². The lowest BCUT2D eigenvalue weighted by Gasteiger charge is -2.55. The Kier molecular flexibility index (Phi) is 6.05. The Morgan fingerprint density at radius 1 is 1.43 bits per heavy atom. The standard InChI is InChI=1S/C16H24N2O2.ClH/c1-4-16(5-2)13(10-14(16)20-3)18-15(19)11-7-6-8-12(17)9-11;/h6-9,13-14H,4-5,10,17H2,1-3H3,(H,18,19);1H. The number of anilines is 1. The first-order chi connectivity index (χ1) is 9.57.